The van der Waals surface area contributed by atoms with Crippen LogP contribution in [0.4, 0.5) is 0 Å². The van der Waals surface area contributed by atoms with Crippen LogP contribution in [0.3, 0.4) is 0 Å². The first-order valence-corrected chi connectivity index (χ1v) is 8.58. The van der Waals surface area contributed by atoms with Gasteiger partial charge in [0, 0.05) is 6.54 Å². The maximum absolute atomic E-state index is 12.2. The molecule has 1 atom stereocenters. The van der Waals surface area contributed by atoms with E-state index >= 15 is 0 Å². The molecule has 2 rings (SSSR count). The van der Waals surface area contributed by atoms with Crippen LogP contribution in [0.5, 0.6) is 11.5 Å². The fraction of sp³-hybridized carbons (Fsp3) is 0.263. The number of hydrogen-bond acceptors (Lipinski definition) is 4. The summed E-state index contributed by atoms with van der Waals surface area (Å²) >= 11 is 3.44. The first kappa shape index (κ1) is 18.8. The highest BCUT2D eigenvalue weighted by Crippen LogP contribution is 2.26. The summed E-state index contributed by atoms with van der Waals surface area (Å²) in [5.74, 6) is 1.01. The van der Waals surface area contributed by atoms with E-state index in [4.69, 9.17) is 14.7 Å². The molecule has 2 aromatic carbocycles. The van der Waals surface area contributed by atoms with Crippen molar-refractivity contribution in [3.63, 3.8) is 0 Å². The molecule has 0 aromatic heterocycles. The van der Waals surface area contributed by atoms with Crippen molar-refractivity contribution in [1.82, 2.24) is 5.32 Å². The Balaban J connectivity index is 1.90. The number of benzene rings is 2. The molecule has 6 heteroatoms. The van der Waals surface area contributed by atoms with E-state index in [0.29, 0.717) is 18.0 Å². The van der Waals surface area contributed by atoms with Crippen molar-refractivity contribution in [2.45, 2.75) is 26.5 Å². The molecule has 130 valence electrons. The summed E-state index contributed by atoms with van der Waals surface area (Å²) in [5, 5.41) is 11.4. The summed E-state index contributed by atoms with van der Waals surface area (Å²) in [4.78, 5) is 12.2. The molecule has 0 aliphatic carbocycles. The average molecular weight is 403 g/mol. The molecule has 1 amide bonds. The lowest BCUT2D eigenvalue weighted by atomic mass is 10.2. The van der Waals surface area contributed by atoms with Crippen LogP contribution in [0.15, 0.2) is 46.9 Å². The molecule has 1 unspecified atom stereocenters. The van der Waals surface area contributed by atoms with Gasteiger partial charge in [-0.25, -0.2) is 0 Å². The molecule has 0 aliphatic heterocycles. The third-order valence-corrected chi connectivity index (χ3v) is 4.05. The molecule has 0 spiro atoms. The van der Waals surface area contributed by atoms with Gasteiger partial charge in [-0.15, -0.1) is 0 Å². The molecule has 5 nitrogen and oxygen atoms in total. The highest BCUT2D eigenvalue weighted by Gasteiger charge is 2.15. The third-order valence-electron chi connectivity index (χ3n) is 3.43. The number of halogens is 1. The number of carbonyl (C=O) groups is 1. The lowest BCUT2D eigenvalue weighted by Gasteiger charge is -2.16. The fourth-order valence-electron chi connectivity index (χ4n) is 2.14. The van der Waals surface area contributed by atoms with Crippen LogP contribution in [0.1, 0.15) is 18.1 Å². The molecule has 0 fully saturated rings. The summed E-state index contributed by atoms with van der Waals surface area (Å²) in [5.41, 5.74) is 1.99. The summed E-state index contributed by atoms with van der Waals surface area (Å²) < 4.78 is 11.8. The number of ether oxygens (including phenoxy) is 2. The maximum atomic E-state index is 12.2. The van der Waals surface area contributed by atoms with Gasteiger partial charge in [0.2, 0.25) is 0 Å². The zero-order valence-corrected chi connectivity index (χ0v) is 15.7. The van der Waals surface area contributed by atoms with Crippen LogP contribution >= 0.6 is 15.9 Å². The Hall–Kier alpha value is -2.52. The summed E-state index contributed by atoms with van der Waals surface area (Å²) in [6.45, 7) is 4.03. The van der Waals surface area contributed by atoms with Gasteiger partial charge in [0.05, 0.1) is 4.47 Å². The number of nitriles is 1. The number of nitrogens with zero attached hydrogens (tertiary/aromatic N) is 1. The van der Waals surface area contributed by atoms with Gasteiger partial charge in [0.1, 0.15) is 17.6 Å². The van der Waals surface area contributed by atoms with Crippen LogP contribution in [0.25, 0.3) is 0 Å². The minimum atomic E-state index is -0.628. The van der Waals surface area contributed by atoms with Gasteiger partial charge in [-0.3, -0.25) is 4.79 Å². The minimum absolute atomic E-state index is 0.00782. The van der Waals surface area contributed by atoms with Crippen LogP contribution in [0.2, 0.25) is 0 Å². The molecule has 25 heavy (non-hydrogen) atoms. The Labute approximate surface area is 155 Å². The van der Waals surface area contributed by atoms with E-state index in [1.54, 1.807) is 19.1 Å². The fourth-order valence-corrected chi connectivity index (χ4v) is 2.73. The van der Waals surface area contributed by atoms with E-state index in [1.807, 2.05) is 43.3 Å². The first-order valence-electron chi connectivity index (χ1n) is 7.79. The van der Waals surface area contributed by atoms with Gasteiger partial charge in [-0.05, 0) is 65.2 Å². The van der Waals surface area contributed by atoms with Crippen LogP contribution in [-0.4, -0.2) is 18.6 Å². The second-order valence-corrected chi connectivity index (χ2v) is 6.36. The van der Waals surface area contributed by atoms with Crippen LogP contribution in [0, 0.1) is 18.3 Å². The molecule has 0 saturated carbocycles. The van der Waals surface area contributed by atoms with E-state index in [0.717, 1.165) is 15.6 Å². The molecule has 0 bridgehead atoms. The third kappa shape index (κ3) is 5.80. The van der Waals surface area contributed by atoms with Gasteiger partial charge in [0.25, 0.3) is 5.91 Å². The van der Waals surface area contributed by atoms with Gasteiger partial charge in [-0.1, -0.05) is 18.2 Å². The molecular formula is C19H19BrN2O3. The molecule has 0 radical (unpaired) electrons. The highest BCUT2D eigenvalue weighted by molar-refractivity contribution is 9.10. The lowest BCUT2D eigenvalue weighted by molar-refractivity contribution is -0.127. The zero-order chi connectivity index (χ0) is 18.2. The second-order valence-electron chi connectivity index (χ2n) is 5.51. The summed E-state index contributed by atoms with van der Waals surface area (Å²) in [6.07, 6.45) is -0.628. The lowest BCUT2D eigenvalue weighted by Crippen LogP contribution is -2.35. The van der Waals surface area contributed by atoms with Crippen molar-refractivity contribution in [2.75, 3.05) is 6.61 Å². The SMILES string of the molecule is Cc1ccc(OC(C)C(=O)NCc2cccc(OCC#N)c2)c(Br)c1. The molecule has 1 N–H and O–H groups in total. The molecule has 0 heterocycles. The number of aryl methyl sites for hydroxylation is 1. The largest absolute Gasteiger partial charge is 0.480 e. The van der Waals surface area contributed by atoms with Crippen molar-refractivity contribution in [3.05, 3.63) is 58.1 Å². The molecular weight excluding hydrogens is 384 g/mol. The van der Waals surface area contributed by atoms with E-state index in [1.165, 1.54) is 0 Å². The Bertz CT molecular complexity index is 786. The Morgan fingerprint density at radius 1 is 1.32 bits per heavy atom. The number of hydrogen-bond donors (Lipinski definition) is 1. The number of nitrogens with one attached hydrogen (secondary N) is 1. The number of amides is 1. The standard InChI is InChI=1S/C19H19BrN2O3/c1-13-6-7-18(17(20)10-13)25-14(2)19(23)22-12-15-4-3-5-16(11-15)24-9-8-21/h3-7,10-11,14H,9,12H2,1-2H3,(H,22,23). The van der Waals surface area contributed by atoms with Crippen molar-refractivity contribution in [1.29, 1.82) is 5.26 Å². The smallest absolute Gasteiger partial charge is 0.261 e. The topological polar surface area (TPSA) is 71.3 Å². The predicted octanol–water partition coefficient (Wildman–Crippen LogP) is 3.74. The number of rotatable bonds is 7. The quantitative estimate of drug-likeness (QED) is 0.765. The average Bonchev–Trinajstić information content (AvgIpc) is 2.60. The van der Waals surface area contributed by atoms with E-state index in [2.05, 4.69) is 21.2 Å². The summed E-state index contributed by atoms with van der Waals surface area (Å²) in [7, 11) is 0. The zero-order valence-electron chi connectivity index (χ0n) is 14.1. The summed E-state index contributed by atoms with van der Waals surface area (Å²) in [6, 6.07) is 14.9. The van der Waals surface area contributed by atoms with Gasteiger partial charge in [-0.2, -0.15) is 5.26 Å². The normalized spacial score (nSPS) is 11.3. The molecule has 2 aromatic rings. The Kier molecular flexibility index (Phi) is 6.84. The van der Waals surface area contributed by atoms with E-state index in [-0.39, 0.29) is 12.5 Å². The Morgan fingerprint density at radius 3 is 2.84 bits per heavy atom. The maximum Gasteiger partial charge on any atom is 0.261 e. The van der Waals surface area contributed by atoms with Crippen molar-refractivity contribution in [2.24, 2.45) is 0 Å². The van der Waals surface area contributed by atoms with Crippen LogP contribution in [-0.2, 0) is 11.3 Å². The molecule has 0 aliphatic rings. The number of carbonyl (C=O) groups excluding carboxylic acids is 1. The highest BCUT2D eigenvalue weighted by atomic mass is 79.9. The van der Waals surface area contributed by atoms with Crippen molar-refractivity contribution < 1.29 is 14.3 Å². The second kappa shape index (κ2) is 9.09. The van der Waals surface area contributed by atoms with Gasteiger partial charge >= 0.3 is 0 Å². The molecule has 0 saturated heterocycles. The Morgan fingerprint density at radius 2 is 2.12 bits per heavy atom. The van der Waals surface area contributed by atoms with Gasteiger partial charge in [0.15, 0.2) is 12.7 Å². The predicted molar refractivity (Wildman–Crippen MR) is 98.4 cm³/mol. The van der Waals surface area contributed by atoms with Crippen molar-refractivity contribution >= 4 is 21.8 Å². The first-order chi connectivity index (χ1) is 12.0. The van der Waals surface area contributed by atoms with E-state index < -0.39 is 6.10 Å². The minimum Gasteiger partial charge on any atom is -0.480 e. The van der Waals surface area contributed by atoms with Gasteiger partial charge < -0.3 is 14.8 Å². The monoisotopic (exact) mass is 402 g/mol. The van der Waals surface area contributed by atoms with Crippen molar-refractivity contribution in [3.8, 4) is 17.6 Å². The van der Waals surface area contributed by atoms with Crippen LogP contribution < -0.4 is 14.8 Å². The van der Waals surface area contributed by atoms with E-state index in [9.17, 15) is 4.79 Å².